The molecule has 1 heterocycles. The van der Waals surface area contributed by atoms with Gasteiger partial charge in [-0.25, -0.2) is 4.98 Å². The first-order valence-corrected chi connectivity index (χ1v) is 5.82. The largest absolute Gasteiger partial charge is 0.416 e. The van der Waals surface area contributed by atoms with E-state index in [2.05, 4.69) is 15.3 Å². The maximum atomic E-state index is 12.6. The summed E-state index contributed by atoms with van der Waals surface area (Å²) >= 11 is 5.71. The highest BCUT2D eigenvalue weighted by Crippen LogP contribution is 2.32. The quantitative estimate of drug-likeness (QED) is 0.892. The number of rotatable bonds is 2. The van der Waals surface area contributed by atoms with Gasteiger partial charge in [0, 0.05) is 0 Å². The average molecular weight is 315 g/mol. The minimum absolute atomic E-state index is 0.0586. The van der Waals surface area contributed by atoms with Gasteiger partial charge in [0.25, 0.3) is 5.56 Å². The normalized spacial score (nSPS) is 11.0. The first-order valence-electron chi connectivity index (χ1n) is 5.44. The molecule has 0 aliphatic carbocycles. The molecule has 1 aromatic carbocycles. The van der Waals surface area contributed by atoms with E-state index in [9.17, 15) is 18.0 Å². The van der Waals surface area contributed by atoms with Crippen LogP contribution in [0.5, 0.6) is 0 Å². The maximum Gasteiger partial charge on any atom is 0.416 e. The topological polar surface area (TPSA) is 81.6 Å². The number of H-pyrrole nitrogens is 1. The lowest BCUT2D eigenvalue weighted by molar-refractivity contribution is -0.137. The summed E-state index contributed by atoms with van der Waals surface area (Å²) in [5.74, 6) is -0.0586. The van der Waals surface area contributed by atoms with Crippen LogP contribution in [0.4, 0.5) is 24.7 Å². The highest BCUT2D eigenvalue weighted by Gasteiger charge is 2.31. The molecule has 0 unspecified atom stereocenters. The number of nitriles is 1. The Morgan fingerprint density at radius 1 is 1.38 bits per heavy atom. The Morgan fingerprint density at radius 2 is 2.10 bits per heavy atom. The van der Waals surface area contributed by atoms with Gasteiger partial charge in [-0.05, 0) is 18.2 Å². The molecule has 2 aromatic rings. The third-order valence-corrected chi connectivity index (χ3v) is 2.87. The van der Waals surface area contributed by atoms with Crippen molar-refractivity contribution < 1.29 is 13.2 Å². The van der Waals surface area contributed by atoms with Gasteiger partial charge in [0.15, 0.2) is 5.82 Å². The summed E-state index contributed by atoms with van der Waals surface area (Å²) in [6.45, 7) is 0. The Bertz CT molecular complexity index is 779. The number of aromatic amines is 1. The predicted molar refractivity (Wildman–Crippen MR) is 69.3 cm³/mol. The monoisotopic (exact) mass is 314 g/mol. The van der Waals surface area contributed by atoms with Crippen LogP contribution in [-0.2, 0) is 6.18 Å². The minimum atomic E-state index is -4.55. The predicted octanol–water partition coefficient (Wildman–Crippen LogP) is 3.06. The average Bonchev–Trinajstić information content (AvgIpc) is 2.43. The molecule has 0 aliphatic rings. The van der Waals surface area contributed by atoms with E-state index in [0.717, 1.165) is 18.5 Å². The zero-order chi connectivity index (χ0) is 15.6. The number of aromatic nitrogens is 2. The lowest BCUT2D eigenvalue weighted by Gasteiger charge is -2.11. The summed E-state index contributed by atoms with van der Waals surface area (Å²) in [4.78, 5) is 17.3. The van der Waals surface area contributed by atoms with Crippen molar-refractivity contribution in [2.45, 2.75) is 6.18 Å². The molecule has 9 heteroatoms. The van der Waals surface area contributed by atoms with Crippen molar-refractivity contribution in [2.75, 3.05) is 5.32 Å². The highest BCUT2D eigenvalue weighted by atomic mass is 35.5. The first kappa shape index (κ1) is 14.9. The fourth-order valence-corrected chi connectivity index (χ4v) is 1.67. The Kier molecular flexibility index (Phi) is 3.86. The van der Waals surface area contributed by atoms with Gasteiger partial charge in [0.1, 0.15) is 11.1 Å². The lowest BCUT2D eigenvalue weighted by atomic mass is 10.1. The smallest absolute Gasteiger partial charge is 0.338 e. The summed E-state index contributed by atoms with van der Waals surface area (Å²) in [5, 5.41) is 11.2. The molecular formula is C12H6ClF3N4O. The lowest BCUT2D eigenvalue weighted by Crippen LogP contribution is -2.10. The second-order valence-corrected chi connectivity index (χ2v) is 4.27. The molecule has 5 nitrogen and oxygen atoms in total. The molecule has 21 heavy (non-hydrogen) atoms. The fourth-order valence-electron chi connectivity index (χ4n) is 1.52. The zero-order valence-corrected chi connectivity index (χ0v) is 10.9. The van der Waals surface area contributed by atoms with Crippen molar-refractivity contribution in [1.29, 1.82) is 5.26 Å². The van der Waals surface area contributed by atoms with E-state index in [4.69, 9.17) is 16.9 Å². The molecule has 2 rings (SSSR count). The summed E-state index contributed by atoms with van der Waals surface area (Å²) < 4.78 is 37.7. The van der Waals surface area contributed by atoms with Crippen molar-refractivity contribution >= 4 is 23.1 Å². The van der Waals surface area contributed by atoms with Crippen molar-refractivity contribution in [2.24, 2.45) is 0 Å². The van der Waals surface area contributed by atoms with Gasteiger partial charge in [0.2, 0.25) is 0 Å². The van der Waals surface area contributed by atoms with Crippen molar-refractivity contribution in [3.63, 3.8) is 0 Å². The Balaban J connectivity index is 2.44. The van der Waals surface area contributed by atoms with E-state index in [1.54, 1.807) is 6.07 Å². The third kappa shape index (κ3) is 3.14. The van der Waals surface area contributed by atoms with Gasteiger partial charge < -0.3 is 10.3 Å². The van der Waals surface area contributed by atoms with E-state index in [-0.39, 0.29) is 22.1 Å². The van der Waals surface area contributed by atoms with Crippen LogP contribution in [-0.4, -0.2) is 9.97 Å². The highest BCUT2D eigenvalue weighted by molar-refractivity contribution is 6.32. The Hall–Kier alpha value is -2.53. The van der Waals surface area contributed by atoms with Crippen LogP contribution < -0.4 is 10.9 Å². The molecule has 0 atom stereocenters. The second kappa shape index (κ2) is 5.46. The number of hydrogen-bond donors (Lipinski definition) is 2. The SMILES string of the molecule is N#Cc1cc(C(F)(F)F)ccc1Nc1nc[nH]c(=O)c1Cl. The van der Waals surface area contributed by atoms with E-state index >= 15 is 0 Å². The summed E-state index contributed by atoms with van der Waals surface area (Å²) in [6, 6.07) is 4.22. The molecule has 0 bridgehead atoms. The molecule has 0 fully saturated rings. The van der Waals surface area contributed by atoms with Gasteiger partial charge in [-0.2, -0.15) is 18.4 Å². The summed E-state index contributed by atoms with van der Waals surface area (Å²) in [6.07, 6.45) is -3.48. The van der Waals surface area contributed by atoms with Gasteiger partial charge >= 0.3 is 6.18 Å². The third-order valence-electron chi connectivity index (χ3n) is 2.52. The zero-order valence-electron chi connectivity index (χ0n) is 10.1. The summed E-state index contributed by atoms with van der Waals surface area (Å²) in [5.41, 5.74) is -1.75. The molecule has 0 aliphatic heterocycles. The van der Waals surface area contributed by atoms with Gasteiger partial charge in [0.05, 0.1) is 23.1 Å². The molecule has 0 amide bonds. The fraction of sp³-hybridized carbons (Fsp3) is 0.0833. The second-order valence-electron chi connectivity index (χ2n) is 3.89. The van der Waals surface area contributed by atoms with Crippen LogP contribution in [0.1, 0.15) is 11.1 Å². The maximum absolute atomic E-state index is 12.6. The molecule has 108 valence electrons. The minimum Gasteiger partial charge on any atom is -0.338 e. The van der Waals surface area contributed by atoms with Crippen LogP contribution in [0.15, 0.2) is 29.3 Å². The molecule has 0 spiro atoms. The standard InChI is InChI=1S/C12H6ClF3N4O/c13-9-10(18-5-19-11(9)21)20-8-2-1-7(12(14,15)16)3-6(8)4-17/h1-3,5H,(H2,18,19,20,21). The van der Waals surface area contributed by atoms with E-state index < -0.39 is 17.3 Å². The molecule has 1 aromatic heterocycles. The Labute approximate surface area is 121 Å². The van der Waals surface area contributed by atoms with E-state index in [0.29, 0.717) is 6.07 Å². The molecule has 2 N–H and O–H groups in total. The summed E-state index contributed by atoms with van der Waals surface area (Å²) in [7, 11) is 0. The van der Waals surface area contributed by atoms with Gasteiger partial charge in [-0.1, -0.05) is 11.6 Å². The van der Waals surface area contributed by atoms with E-state index in [1.165, 1.54) is 0 Å². The molecule has 0 saturated heterocycles. The van der Waals surface area contributed by atoms with Crippen LogP contribution in [0.25, 0.3) is 0 Å². The van der Waals surface area contributed by atoms with Crippen molar-refractivity contribution in [3.8, 4) is 6.07 Å². The number of anilines is 2. The van der Waals surface area contributed by atoms with Gasteiger partial charge in [-0.3, -0.25) is 4.79 Å². The van der Waals surface area contributed by atoms with Crippen LogP contribution in [0.2, 0.25) is 5.02 Å². The van der Waals surface area contributed by atoms with Crippen molar-refractivity contribution in [1.82, 2.24) is 9.97 Å². The number of halogens is 4. The van der Waals surface area contributed by atoms with Gasteiger partial charge in [-0.15, -0.1) is 0 Å². The molecule has 0 saturated carbocycles. The number of benzene rings is 1. The number of nitrogens with zero attached hydrogens (tertiary/aromatic N) is 2. The first-order chi connectivity index (χ1) is 9.82. The Morgan fingerprint density at radius 3 is 2.71 bits per heavy atom. The van der Waals surface area contributed by atoms with Crippen molar-refractivity contribution in [3.05, 3.63) is 51.0 Å². The molecule has 0 radical (unpaired) electrons. The van der Waals surface area contributed by atoms with E-state index in [1.807, 2.05) is 0 Å². The number of nitrogens with one attached hydrogen (secondary N) is 2. The molecular weight excluding hydrogens is 309 g/mol. The number of alkyl halides is 3. The van der Waals surface area contributed by atoms with Crippen LogP contribution in [0, 0.1) is 11.3 Å². The number of hydrogen-bond acceptors (Lipinski definition) is 4. The van der Waals surface area contributed by atoms with Crippen LogP contribution in [0.3, 0.4) is 0 Å². The van der Waals surface area contributed by atoms with Crippen LogP contribution >= 0.6 is 11.6 Å².